The van der Waals surface area contributed by atoms with Crippen molar-refractivity contribution < 1.29 is 0 Å². The Kier molecular flexibility index (Phi) is 1.39. The van der Waals surface area contributed by atoms with Gasteiger partial charge in [-0.25, -0.2) is 0 Å². The van der Waals surface area contributed by atoms with E-state index in [1.165, 1.54) is 32.4 Å². The van der Waals surface area contributed by atoms with Gasteiger partial charge in [-0.15, -0.1) is 0 Å². The largest absolute Gasteiger partial charge is 0.297 e. The fourth-order valence-corrected chi connectivity index (χ4v) is 3.15. The Labute approximate surface area is 69.8 Å². The predicted octanol–water partition coefficient (Wildman–Crippen LogP) is 2.27. The smallest absolute Gasteiger partial charge is 0.0187 e. The van der Waals surface area contributed by atoms with Gasteiger partial charge in [0.1, 0.15) is 0 Å². The minimum Gasteiger partial charge on any atom is -0.297 e. The second kappa shape index (κ2) is 2.01. The molecule has 1 nitrogen and oxygen atoms in total. The van der Waals surface area contributed by atoms with E-state index < -0.39 is 0 Å². The summed E-state index contributed by atoms with van der Waals surface area (Å²) in [6, 6.07) is 0. The van der Waals surface area contributed by atoms with Crippen molar-refractivity contribution in [2.75, 3.05) is 13.1 Å². The Hall–Kier alpha value is -0.0400. The first kappa shape index (κ1) is 7.60. The summed E-state index contributed by atoms with van der Waals surface area (Å²) in [7, 11) is 0. The third-order valence-electron chi connectivity index (χ3n) is 3.39. The van der Waals surface area contributed by atoms with Crippen LogP contribution >= 0.6 is 0 Å². The molecule has 0 unspecified atom stereocenters. The molecular formula is C10H19N. The van der Waals surface area contributed by atoms with E-state index in [9.17, 15) is 0 Å². The van der Waals surface area contributed by atoms with Gasteiger partial charge in [-0.1, -0.05) is 13.8 Å². The highest BCUT2D eigenvalue weighted by molar-refractivity contribution is 5.03. The molecule has 0 bridgehead atoms. The van der Waals surface area contributed by atoms with Gasteiger partial charge in [0, 0.05) is 12.1 Å². The first-order valence-corrected chi connectivity index (χ1v) is 4.77. The van der Waals surface area contributed by atoms with Crippen LogP contribution in [-0.2, 0) is 0 Å². The first-order valence-electron chi connectivity index (χ1n) is 4.77. The predicted molar refractivity (Wildman–Crippen MR) is 47.6 cm³/mol. The lowest BCUT2D eigenvalue weighted by molar-refractivity contribution is 0.217. The van der Waals surface area contributed by atoms with Crippen molar-refractivity contribution in [1.29, 1.82) is 0 Å². The highest BCUT2D eigenvalue weighted by Gasteiger charge is 2.47. The summed E-state index contributed by atoms with van der Waals surface area (Å²) in [5.74, 6) is 0. The Morgan fingerprint density at radius 3 is 2.55 bits per heavy atom. The van der Waals surface area contributed by atoms with Gasteiger partial charge in [0.05, 0.1) is 0 Å². The fourth-order valence-electron chi connectivity index (χ4n) is 3.15. The molecule has 0 spiro atoms. The highest BCUT2D eigenvalue weighted by Crippen LogP contribution is 2.46. The van der Waals surface area contributed by atoms with E-state index in [4.69, 9.17) is 0 Å². The summed E-state index contributed by atoms with van der Waals surface area (Å²) >= 11 is 0. The third-order valence-corrected chi connectivity index (χ3v) is 3.39. The average molecular weight is 153 g/mol. The van der Waals surface area contributed by atoms with Crippen LogP contribution in [0.25, 0.3) is 0 Å². The first-order chi connectivity index (χ1) is 5.02. The van der Waals surface area contributed by atoms with Gasteiger partial charge in [0.2, 0.25) is 0 Å². The number of fused-ring (bicyclic) bond motifs is 1. The zero-order valence-corrected chi connectivity index (χ0v) is 7.98. The number of hydrogen-bond acceptors (Lipinski definition) is 1. The minimum atomic E-state index is 0.573. The molecule has 1 atom stereocenters. The van der Waals surface area contributed by atoms with E-state index in [2.05, 4.69) is 25.7 Å². The molecule has 0 amide bonds. The molecule has 2 fully saturated rings. The van der Waals surface area contributed by atoms with Crippen LogP contribution in [0.15, 0.2) is 0 Å². The summed E-state index contributed by atoms with van der Waals surface area (Å²) in [5, 5.41) is 0. The molecule has 1 heteroatoms. The summed E-state index contributed by atoms with van der Waals surface area (Å²) in [4.78, 5) is 2.69. The fraction of sp³-hybridized carbons (Fsp3) is 1.00. The Morgan fingerprint density at radius 2 is 1.91 bits per heavy atom. The van der Waals surface area contributed by atoms with Gasteiger partial charge >= 0.3 is 0 Å². The summed E-state index contributed by atoms with van der Waals surface area (Å²) in [6.45, 7) is 9.91. The van der Waals surface area contributed by atoms with E-state index in [1.54, 1.807) is 0 Å². The van der Waals surface area contributed by atoms with Crippen LogP contribution in [0.3, 0.4) is 0 Å². The van der Waals surface area contributed by atoms with Gasteiger partial charge in [0.25, 0.3) is 0 Å². The van der Waals surface area contributed by atoms with Crippen LogP contribution in [-0.4, -0.2) is 23.5 Å². The summed E-state index contributed by atoms with van der Waals surface area (Å²) in [6.07, 6.45) is 4.25. The standard InChI is InChI=1S/C10H19N/c1-9(2)7-10(3)5-4-6-11(10)8-9/h4-8H2,1-3H3/t10-/m0/s1. The molecule has 64 valence electrons. The molecule has 0 aromatic carbocycles. The molecule has 0 aromatic rings. The van der Waals surface area contributed by atoms with Gasteiger partial charge in [-0.2, -0.15) is 0 Å². The van der Waals surface area contributed by atoms with Gasteiger partial charge < -0.3 is 0 Å². The van der Waals surface area contributed by atoms with Crippen LogP contribution in [0, 0.1) is 5.41 Å². The SMILES string of the molecule is CC1(C)CN2CCC[C@@]2(C)C1. The zero-order chi connectivity index (χ0) is 8.11. The second-order valence-corrected chi connectivity index (χ2v) is 5.36. The maximum atomic E-state index is 2.69. The van der Waals surface area contributed by atoms with Crippen molar-refractivity contribution in [2.24, 2.45) is 5.41 Å². The topological polar surface area (TPSA) is 3.24 Å². The lowest BCUT2D eigenvalue weighted by atomic mass is 9.83. The maximum absolute atomic E-state index is 2.69. The summed E-state index contributed by atoms with van der Waals surface area (Å²) < 4.78 is 0. The van der Waals surface area contributed by atoms with Crippen molar-refractivity contribution in [1.82, 2.24) is 4.90 Å². The maximum Gasteiger partial charge on any atom is 0.0187 e. The Morgan fingerprint density at radius 1 is 1.18 bits per heavy atom. The number of rotatable bonds is 0. The van der Waals surface area contributed by atoms with Crippen LogP contribution in [0.1, 0.15) is 40.0 Å². The van der Waals surface area contributed by atoms with Gasteiger partial charge in [-0.3, -0.25) is 4.90 Å². The quantitative estimate of drug-likeness (QED) is 0.516. The van der Waals surface area contributed by atoms with E-state index in [1.807, 2.05) is 0 Å². The molecule has 0 aromatic heterocycles. The number of nitrogens with zero attached hydrogens (tertiary/aromatic N) is 1. The van der Waals surface area contributed by atoms with Crippen LogP contribution in [0.5, 0.6) is 0 Å². The average Bonchev–Trinajstić information content (AvgIpc) is 2.16. The molecule has 11 heavy (non-hydrogen) atoms. The molecule has 2 aliphatic heterocycles. The molecule has 2 saturated heterocycles. The second-order valence-electron chi connectivity index (χ2n) is 5.36. The lowest BCUT2D eigenvalue weighted by Gasteiger charge is -2.26. The van der Waals surface area contributed by atoms with Crippen molar-refractivity contribution in [3.63, 3.8) is 0 Å². The third kappa shape index (κ3) is 1.10. The normalized spacial score (nSPS) is 42.8. The molecule has 0 aliphatic carbocycles. The van der Waals surface area contributed by atoms with Gasteiger partial charge in [0.15, 0.2) is 0 Å². The summed E-state index contributed by atoms with van der Waals surface area (Å²) in [5.41, 5.74) is 1.15. The van der Waals surface area contributed by atoms with Crippen LogP contribution in [0.4, 0.5) is 0 Å². The number of hydrogen-bond donors (Lipinski definition) is 0. The molecule has 2 heterocycles. The van der Waals surface area contributed by atoms with Crippen LogP contribution < -0.4 is 0 Å². The van der Waals surface area contributed by atoms with Crippen LogP contribution in [0.2, 0.25) is 0 Å². The lowest BCUT2D eigenvalue weighted by Crippen LogP contribution is -2.34. The zero-order valence-electron chi connectivity index (χ0n) is 7.98. The minimum absolute atomic E-state index is 0.573. The van der Waals surface area contributed by atoms with Crippen molar-refractivity contribution in [3.05, 3.63) is 0 Å². The Bertz CT molecular complexity index is 174. The molecule has 2 rings (SSSR count). The van der Waals surface area contributed by atoms with E-state index >= 15 is 0 Å². The van der Waals surface area contributed by atoms with E-state index in [0.29, 0.717) is 11.0 Å². The molecule has 0 N–H and O–H groups in total. The van der Waals surface area contributed by atoms with Crippen molar-refractivity contribution in [3.8, 4) is 0 Å². The molecular weight excluding hydrogens is 134 g/mol. The monoisotopic (exact) mass is 153 g/mol. The van der Waals surface area contributed by atoms with E-state index in [0.717, 1.165) is 0 Å². The van der Waals surface area contributed by atoms with E-state index in [-0.39, 0.29) is 0 Å². The molecule has 2 aliphatic rings. The molecule has 0 radical (unpaired) electrons. The van der Waals surface area contributed by atoms with Gasteiger partial charge in [-0.05, 0) is 38.1 Å². The highest BCUT2D eigenvalue weighted by atomic mass is 15.2. The molecule has 0 saturated carbocycles. The van der Waals surface area contributed by atoms with Crippen molar-refractivity contribution >= 4 is 0 Å². The van der Waals surface area contributed by atoms with Crippen molar-refractivity contribution in [2.45, 2.75) is 45.6 Å². The Balaban J connectivity index is 2.19.